The van der Waals surface area contributed by atoms with E-state index in [4.69, 9.17) is 5.73 Å². The van der Waals surface area contributed by atoms with Gasteiger partial charge in [-0.2, -0.15) is 13.2 Å². The highest BCUT2D eigenvalue weighted by atomic mass is 19.4. The van der Waals surface area contributed by atoms with E-state index in [1.807, 2.05) is 0 Å². The number of anilines is 2. The van der Waals surface area contributed by atoms with Crippen LogP contribution >= 0.6 is 0 Å². The highest BCUT2D eigenvalue weighted by molar-refractivity contribution is 5.60. The van der Waals surface area contributed by atoms with E-state index in [0.717, 1.165) is 12.1 Å². The topological polar surface area (TPSA) is 29.3 Å². The van der Waals surface area contributed by atoms with Gasteiger partial charge in [-0.1, -0.05) is 0 Å². The minimum atomic E-state index is -4.59. The normalized spacial score (nSPS) is 22.8. The van der Waals surface area contributed by atoms with E-state index in [1.165, 1.54) is 11.0 Å². The summed E-state index contributed by atoms with van der Waals surface area (Å²) in [5, 5.41) is 0. The molecule has 19 heavy (non-hydrogen) atoms. The van der Waals surface area contributed by atoms with Gasteiger partial charge in [-0.3, -0.25) is 0 Å². The van der Waals surface area contributed by atoms with Crippen LogP contribution in [-0.4, -0.2) is 18.5 Å². The van der Waals surface area contributed by atoms with Crippen molar-refractivity contribution in [2.45, 2.75) is 31.5 Å². The molecule has 0 bridgehead atoms. The molecule has 1 fully saturated rings. The maximum absolute atomic E-state index is 13.3. The first kappa shape index (κ1) is 13.9. The molecule has 1 atom stereocenters. The molecule has 1 unspecified atom stereocenters. The third-order valence-corrected chi connectivity index (χ3v) is 3.20. The molecule has 0 spiro atoms. The molecule has 1 aromatic rings. The number of nitrogens with two attached hydrogens (primary N) is 1. The number of rotatable bonds is 1. The first-order valence-electron chi connectivity index (χ1n) is 5.71. The van der Waals surface area contributed by atoms with Crippen LogP contribution in [0.3, 0.4) is 0 Å². The fourth-order valence-corrected chi connectivity index (χ4v) is 2.33. The van der Waals surface area contributed by atoms with Gasteiger partial charge in [-0.25, -0.2) is 8.78 Å². The number of halogens is 5. The van der Waals surface area contributed by atoms with Crippen LogP contribution in [0.1, 0.15) is 18.9 Å². The summed E-state index contributed by atoms with van der Waals surface area (Å²) in [4.78, 5) is 1.27. The summed E-state index contributed by atoms with van der Waals surface area (Å²) in [6.07, 6.45) is -4.95. The number of benzene rings is 1. The summed E-state index contributed by atoms with van der Waals surface area (Å²) < 4.78 is 64.7. The van der Waals surface area contributed by atoms with Gasteiger partial charge in [-0.05, 0) is 25.1 Å². The van der Waals surface area contributed by atoms with Crippen molar-refractivity contribution >= 4 is 11.4 Å². The van der Waals surface area contributed by atoms with Gasteiger partial charge < -0.3 is 10.6 Å². The lowest BCUT2D eigenvalue weighted by Gasteiger charge is -2.24. The zero-order valence-electron chi connectivity index (χ0n) is 10.1. The largest absolute Gasteiger partial charge is 0.418 e. The first-order valence-corrected chi connectivity index (χ1v) is 5.71. The molecule has 0 aliphatic carbocycles. The minimum Gasteiger partial charge on any atom is -0.398 e. The molecule has 1 aliphatic heterocycles. The predicted molar refractivity (Wildman–Crippen MR) is 62.2 cm³/mol. The Morgan fingerprint density at radius 1 is 1.32 bits per heavy atom. The zero-order valence-corrected chi connectivity index (χ0v) is 10.1. The van der Waals surface area contributed by atoms with E-state index in [9.17, 15) is 22.0 Å². The van der Waals surface area contributed by atoms with Crippen molar-refractivity contribution in [2.24, 2.45) is 0 Å². The van der Waals surface area contributed by atoms with E-state index < -0.39 is 35.9 Å². The second-order valence-corrected chi connectivity index (χ2v) is 4.81. The van der Waals surface area contributed by atoms with E-state index in [0.29, 0.717) is 0 Å². The highest BCUT2D eigenvalue weighted by Gasteiger charge is 2.43. The van der Waals surface area contributed by atoms with Crippen LogP contribution in [0, 0.1) is 0 Å². The summed E-state index contributed by atoms with van der Waals surface area (Å²) in [5.74, 6) is -2.88. The Morgan fingerprint density at radius 3 is 2.42 bits per heavy atom. The van der Waals surface area contributed by atoms with Gasteiger partial charge in [0.1, 0.15) is 0 Å². The molecule has 0 aromatic heterocycles. The summed E-state index contributed by atoms with van der Waals surface area (Å²) in [6, 6.07) is 2.75. The van der Waals surface area contributed by atoms with Crippen molar-refractivity contribution in [3.8, 4) is 0 Å². The van der Waals surface area contributed by atoms with Crippen molar-refractivity contribution in [3.05, 3.63) is 23.8 Å². The van der Waals surface area contributed by atoms with Gasteiger partial charge in [0.15, 0.2) is 0 Å². The minimum absolute atomic E-state index is 0.117. The SMILES string of the molecule is CC1CC(F)(F)CN1c1ccc(N)c(C(F)(F)F)c1. The molecular formula is C12H13F5N2. The van der Waals surface area contributed by atoms with Crippen LogP contribution in [0.5, 0.6) is 0 Å². The lowest BCUT2D eigenvalue weighted by molar-refractivity contribution is -0.136. The van der Waals surface area contributed by atoms with Crippen LogP contribution in [0.25, 0.3) is 0 Å². The predicted octanol–water partition coefficient (Wildman–Crippen LogP) is 3.52. The number of alkyl halides is 5. The molecule has 0 radical (unpaired) electrons. The van der Waals surface area contributed by atoms with Crippen molar-refractivity contribution in [1.82, 2.24) is 0 Å². The molecule has 0 amide bonds. The Balaban J connectivity index is 2.37. The van der Waals surface area contributed by atoms with Crippen molar-refractivity contribution in [1.29, 1.82) is 0 Å². The van der Waals surface area contributed by atoms with Crippen molar-refractivity contribution in [2.75, 3.05) is 17.2 Å². The number of hydrogen-bond donors (Lipinski definition) is 1. The molecule has 1 heterocycles. The molecule has 7 heteroatoms. The molecule has 106 valence electrons. The standard InChI is InChI=1S/C12H13F5N2/c1-7-5-11(13,14)6-19(7)8-2-3-10(18)9(4-8)12(15,16)17/h2-4,7H,5-6,18H2,1H3. The molecule has 2 nitrogen and oxygen atoms in total. The van der Waals surface area contributed by atoms with Gasteiger partial charge in [-0.15, -0.1) is 0 Å². The Hall–Kier alpha value is -1.53. The lowest BCUT2D eigenvalue weighted by Crippen LogP contribution is -2.29. The third-order valence-electron chi connectivity index (χ3n) is 3.20. The quantitative estimate of drug-likeness (QED) is 0.630. The maximum atomic E-state index is 13.3. The Morgan fingerprint density at radius 2 is 1.95 bits per heavy atom. The lowest BCUT2D eigenvalue weighted by atomic mass is 10.1. The first-order chi connectivity index (χ1) is 8.60. The summed E-state index contributed by atoms with van der Waals surface area (Å²) in [6.45, 7) is 0.986. The molecule has 1 aromatic carbocycles. The van der Waals surface area contributed by atoms with Crippen LogP contribution < -0.4 is 10.6 Å². The van der Waals surface area contributed by atoms with Gasteiger partial charge in [0, 0.05) is 23.8 Å². The number of nitrogen functional groups attached to an aromatic ring is 1. The molecule has 2 N–H and O–H groups in total. The molecule has 1 aliphatic rings. The number of nitrogens with zero attached hydrogens (tertiary/aromatic N) is 1. The summed E-state index contributed by atoms with van der Waals surface area (Å²) in [7, 11) is 0. The smallest absolute Gasteiger partial charge is 0.398 e. The Bertz CT molecular complexity index is 483. The van der Waals surface area contributed by atoms with Crippen LogP contribution in [0.15, 0.2) is 18.2 Å². The molecule has 2 rings (SSSR count). The molecule has 1 saturated heterocycles. The van der Waals surface area contributed by atoms with E-state index in [-0.39, 0.29) is 12.1 Å². The average Bonchev–Trinajstić information content (AvgIpc) is 2.51. The molecular weight excluding hydrogens is 267 g/mol. The Kier molecular flexibility index (Phi) is 3.10. The monoisotopic (exact) mass is 280 g/mol. The van der Waals surface area contributed by atoms with E-state index >= 15 is 0 Å². The third kappa shape index (κ3) is 2.74. The van der Waals surface area contributed by atoms with E-state index in [2.05, 4.69) is 0 Å². The van der Waals surface area contributed by atoms with Gasteiger partial charge in [0.2, 0.25) is 0 Å². The summed E-state index contributed by atoms with van der Waals surface area (Å²) in [5.41, 5.74) is 3.99. The van der Waals surface area contributed by atoms with E-state index in [1.54, 1.807) is 6.92 Å². The average molecular weight is 280 g/mol. The zero-order chi connectivity index (χ0) is 14.4. The van der Waals surface area contributed by atoms with Crippen LogP contribution in [0.4, 0.5) is 33.3 Å². The molecule has 0 saturated carbocycles. The maximum Gasteiger partial charge on any atom is 0.418 e. The van der Waals surface area contributed by atoms with Gasteiger partial charge in [0.25, 0.3) is 5.92 Å². The van der Waals surface area contributed by atoms with Gasteiger partial charge >= 0.3 is 6.18 Å². The fourth-order valence-electron chi connectivity index (χ4n) is 2.33. The van der Waals surface area contributed by atoms with Crippen molar-refractivity contribution < 1.29 is 22.0 Å². The number of hydrogen-bond acceptors (Lipinski definition) is 2. The van der Waals surface area contributed by atoms with Gasteiger partial charge in [0.05, 0.1) is 12.1 Å². The van der Waals surface area contributed by atoms with Crippen molar-refractivity contribution in [3.63, 3.8) is 0 Å². The second-order valence-electron chi connectivity index (χ2n) is 4.81. The second kappa shape index (κ2) is 4.25. The highest BCUT2D eigenvalue weighted by Crippen LogP contribution is 2.39. The van der Waals surface area contributed by atoms with Crippen LogP contribution in [0.2, 0.25) is 0 Å². The van der Waals surface area contributed by atoms with Crippen LogP contribution in [-0.2, 0) is 6.18 Å². The fraction of sp³-hybridized carbons (Fsp3) is 0.500. The Labute approximate surface area is 107 Å². The summed E-state index contributed by atoms with van der Waals surface area (Å²) >= 11 is 0.